The number of ether oxygens (including phenoxy) is 2. The van der Waals surface area contributed by atoms with E-state index in [0.29, 0.717) is 0 Å². The Balaban J connectivity index is 1.99. The largest absolute Gasteiger partial charge is 0.463 e. The van der Waals surface area contributed by atoms with Crippen molar-refractivity contribution in [2.24, 2.45) is 0 Å². The molecule has 138 valence electrons. The zero-order valence-corrected chi connectivity index (χ0v) is 16.3. The molecule has 0 heterocycles. The molecule has 0 saturated heterocycles. The van der Waals surface area contributed by atoms with Gasteiger partial charge in [-0.25, -0.2) is 9.59 Å². The molecular formula is C19H19BrClNO4. The molecule has 1 amide bonds. The number of halogens is 2. The highest BCUT2D eigenvalue weighted by atomic mass is 79.9. The Labute approximate surface area is 165 Å². The number of nitrogens with one attached hydrogen (secondary N) is 1. The van der Waals surface area contributed by atoms with Crippen LogP contribution < -0.4 is 5.32 Å². The summed E-state index contributed by atoms with van der Waals surface area (Å²) in [5, 5.41) is 2.57. The average Bonchev–Trinajstić information content (AvgIpc) is 2.66. The van der Waals surface area contributed by atoms with Crippen molar-refractivity contribution >= 4 is 39.6 Å². The lowest BCUT2D eigenvalue weighted by atomic mass is 10.1. The van der Waals surface area contributed by atoms with Crippen LogP contribution >= 0.6 is 27.5 Å². The van der Waals surface area contributed by atoms with E-state index in [1.54, 1.807) is 0 Å². The number of hydrogen-bond acceptors (Lipinski definition) is 4. The molecule has 2 aromatic carbocycles. The first-order valence-corrected chi connectivity index (χ1v) is 9.36. The highest BCUT2D eigenvalue weighted by Crippen LogP contribution is 2.18. The second-order valence-corrected chi connectivity index (χ2v) is 6.64. The molecule has 2 rings (SSSR count). The predicted molar refractivity (Wildman–Crippen MR) is 103 cm³/mol. The number of hydrogen-bond donors (Lipinski definition) is 1. The Bertz CT molecular complexity index is 726. The van der Waals surface area contributed by atoms with Gasteiger partial charge in [0.25, 0.3) is 0 Å². The van der Waals surface area contributed by atoms with Crippen molar-refractivity contribution in [1.82, 2.24) is 5.32 Å². The summed E-state index contributed by atoms with van der Waals surface area (Å²) >= 11 is 9.00. The van der Waals surface area contributed by atoms with Crippen molar-refractivity contribution in [2.75, 3.05) is 12.5 Å². The fourth-order valence-corrected chi connectivity index (χ4v) is 2.75. The molecule has 2 aromatic rings. The molecule has 5 nitrogen and oxygen atoms in total. The molecule has 0 spiro atoms. The van der Waals surface area contributed by atoms with Crippen LogP contribution in [0.1, 0.15) is 11.1 Å². The molecule has 0 aromatic heterocycles. The minimum absolute atomic E-state index is 0.0770. The van der Waals surface area contributed by atoms with Gasteiger partial charge in [0.2, 0.25) is 0 Å². The zero-order chi connectivity index (χ0) is 18.8. The fourth-order valence-electron chi connectivity index (χ4n) is 2.22. The maximum atomic E-state index is 12.3. The van der Waals surface area contributed by atoms with Crippen molar-refractivity contribution in [1.29, 1.82) is 0 Å². The van der Waals surface area contributed by atoms with Gasteiger partial charge < -0.3 is 14.8 Å². The molecule has 0 radical (unpaired) electrons. The van der Waals surface area contributed by atoms with E-state index in [4.69, 9.17) is 21.1 Å². The van der Waals surface area contributed by atoms with E-state index in [1.165, 1.54) is 0 Å². The number of alkyl carbamates (subject to hydrolysis) is 1. The van der Waals surface area contributed by atoms with E-state index in [0.717, 1.165) is 15.6 Å². The number of amides is 1. The van der Waals surface area contributed by atoms with Gasteiger partial charge in [-0.1, -0.05) is 64.5 Å². The molecule has 1 unspecified atom stereocenters. The molecule has 1 atom stereocenters. The van der Waals surface area contributed by atoms with Crippen molar-refractivity contribution in [3.63, 3.8) is 0 Å². The van der Waals surface area contributed by atoms with Crippen LogP contribution in [0.2, 0.25) is 0 Å². The normalized spacial score (nSPS) is 11.5. The number of carbonyl (C=O) groups is 2. The number of rotatable bonds is 8. The minimum Gasteiger partial charge on any atom is -0.463 e. The van der Waals surface area contributed by atoms with Gasteiger partial charge in [-0.3, -0.25) is 0 Å². The van der Waals surface area contributed by atoms with E-state index in [1.807, 2.05) is 54.6 Å². The smallest absolute Gasteiger partial charge is 0.408 e. The third-order valence-electron chi connectivity index (χ3n) is 3.49. The third kappa shape index (κ3) is 6.69. The quantitative estimate of drug-likeness (QED) is 0.496. The van der Waals surface area contributed by atoms with Crippen molar-refractivity contribution in [3.8, 4) is 0 Å². The molecule has 0 aliphatic heterocycles. The monoisotopic (exact) mass is 439 g/mol. The standard InChI is InChI=1S/C19H19BrClNO4/c20-16-9-5-4-8-15(16)12-17(18(23)25-11-10-21)22-19(24)26-13-14-6-2-1-3-7-14/h1-9,17H,10-13H2,(H,22,24). The van der Waals surface area contributed by atoms with E-state index in [-0.39, 0.29) is 25.5 Å². The first kappa shape index (κ1) is 20.3. The van der Waals surface area contributed by atoms with Crippen LogP contribution in [0.25, 0.3) is 0 Å². The number of alkyl halides is 1. The maximum absolute atomic E-state index is 12.3. The molecule has 0 fully saturated rings. The van der Waals surface area contributed by atoms with Gasteiger partial charge in [-0.15, -0.1) is 11.6 Å². The zero-order valence-electron chi connectivity index (χ0n) is 14.0. The maximum Gasteiger partial charge on any atom is 0.408 e. The summed E-state index contributed by atoms with van der Waals surface area (Å²) in [6.45, 7) is 0.193. The molecule has 0 saturated carbocycles. The van der Waals surface area contributed by atoms with Gasteiger partial charge >= 0.3 is 12.1 Å². The minimum atomic E-state index is -0.875. The third-order valence-corrected chi connectivity index (χ3v) is 4.42. The Morgan fingerprint density at radius 3 is 2.42 bits per heavy atom. The summed E-state index contributed by atoms with van der Waals surface area (Å²) in [5.74, 6) is -0.371. The SMILES string of the molecule is O=C(NC(Cc1ccccc1Br)C(=O)OCCCl)OCc1ccccc1. The van der Waals surface area contributed by atoms with Gasteiger partial charge in [0.1, 0.15) is 19.3 Å². The lowest BCUT2D eigenvalue weighted by Gasteiger charge is -2.18. The summed E-state index contributed by atoms with van der Waals surface area (Å²) in [6, 6.07) is 15.9. The summed E-state index contributed by atoms with van der Waals surface area (Å²) < 4.78 is 11.1. The molecule has 0 aliphatic rings. The molecule has 26 heavy (non-hydrogen) atoms. The summed E-state index contributed by atoms with van der Waals surface area (Å²) in [7, 11) is 0. The van der Waals surface area contributed by atoms with Crippen LogP contribution in [-0.4, -0.2) is 30.6 Å². The average molecular weight is 441 g/mol. The van der Waals surface area contributed by atoms with Crippen molar-refractivity contribution in [3.05, 3.63) is 70.2 Å². The van der Waals surface area contributed by atoms with Crippen molar-refractivity contribution in [2.45, 2.75) is 19.1 Å². The van der Waals surface area contributed by atoms with Gasteiger partial charge in [-0.05, 0) is 17.2 Å². The number of esters is 1. The summed E-state index contributed by atoms with van der Waals surface area (Å²) in [6.07, 6.45) is -0.420. The first-order chi connectivity index (χ1) is 12.6. The molecule has 0 aliphatic carbocycles. The molecule has 7 heteroatoms. The Morgan fingerprint density at radius 2 is 1.73 bits per heavy atom. The van der Waals surface area contributed by atoms with Crippen LogP contribution in [0.3, 0.4) is 0 Å². The summed E-state index contributed by atoms with van der Waals surface area (Å²) in [4.78, 5) is 24.4. The van der Waals surface area contributed by atoms with Crippen LogP contribution in [0.4, 0.5) is 4.79 Å². The van der Waals surface area contributed by atoms with Gasteiger partial charge in [0, 0.05) is 10.9 Å². The van der Waals surface area contributed by atoms with Crippen LogP contribution in [0, 0.1) is 0 Å². The van der Waals surface area contributed by atoms with Gasteiger partial charge in [0.05, 0.1) is 5.88 Å². The second-order valence-electron chi connectivity index (χ2n) is 5.41. The topological polar surface area (TPSA) is 64.6 Å². The van der Waals surface area contributed by atoms with Crippen LogP contribution in [0.15, 0.2) is 59.1 Å². The number of benzene rings is 2. The van der Waals surface area contributed by atoms with Crippen LogP contribution in [-0.2, 0) is 27.3 Å². The van der Waals surface area contributed by atoms with Crippen molar-refractivity contribution < 1.29 is 19.1 Å². The molecule has 1 N–H and O–H groups in total. The van der Waals surface area contributed by atoms with E-state index >= 15 is 0 Å². The summed E-state index contributed by atoms with van der Waals surface area (Å²) in [5.41, 5.74) is 1.72. The second kappa shape index (κ2) is 10.8. The van der Waals surface area contributed by atoms with Gasteiger partial charge in [0.15, 0.2) is 0 Å². The highest BCUT2D eigenvalue weighted by molar-refractivity contribution is 9.10. The van der Waals surface area contributed by atoms with Gasteiger partial charge in [-0.2, -0.15) is 0 Å². The lowest BCUT2D eigenvalue weighted by molar-refractivity contribution is -0.145. The van der Waals surface area contributed by atoms with E-state index in [2.05, 4.69) is 21.2 Å². The van der Waals surface area contributed by atoms with Crippen LogP contribution in [0.5, 0.6) is 0 Å². The highest BCUT2D eigenvalue weighted by Gasteiger charge is 2.24. The van der Waals surface area contributed by atoms with E-state index in [9.17, 15) is 9.59 Å². The fraction of sp³-hybridized carbons (Fsp3) is 0.263. The van der Waals surface area contributed by atoms with E-state index < -0.39 is 18.1 Å². The Kier molecular flexibility index (Phi) is 8.44. The molecular weight excluding hydrogens is 422 g/mol. The molecule has 0 bridgehead atoms. The Hall–Kier alpha value is -2.05. The Morgan fingerprint density at radius 1 is 1.04 bits per heavy atom. The first-order valence-electron chi connectivity index (χ1n) is 8.03. The number of carbonyl (C=O) groups excluding carboxylic acids is 2. The predicted octanol–water partition coefficient (Wildman–Crippen LogP) is 4.07. The lowest BCUT2D eigenvalue weighted by Crippen LogP contribution is -2.43.